The van der Waals surface area contributed by atoms with E-state index < -0.39 is 22.8 Å². The fourth-order valence-corrected chi connectivity index (χ4v) is 3.16. The van der Waals surface area contributed by atoms with Crippen molar-refractivity contribution in [3.05, 3.63) is 74.0 Å². The number of halogens is 1. The van der Waals surface area contributed by atoms with Crippen LogP contribution in [-0.2, 0) is 4.79 Å². The van der Waals surface area contributed by atoms with Crippen LogP contribution in [0.1, 0.15) is 20.3 Å². The minimum atomic E-state index is -0.780. The van der Waals surface area contributed by atoms with Gasteiger partial charge < -0.3 is 15.8 Å². The molecular formula is C22H21ClN2O4. The predicted octanol–water partition coefficient (Wildman–Crippen LogP) is 3.71. The van der Waals surface area contributed by atoms with E-state index in [1.165, 1.54) is 0 Å². The lowest BCUT2D eigenvalue weighted by Gasteiger charge is -2.18. The van der Waals surface area contributed by atoms with Gasteiger partial charge in [-0.2, -0.15) is 0 Å². The SMILES string of the molecule is CC(C)C[C@H](N)C(=O)Nc1c(-c2ccc(Cl)cc2Oc2ccccc2)c(=O)c1=O. The molecule has 0 bridgehead atoms. The van der Waals surface area contributed by atoms with Crippen molar-refractivity contribution in [2.45, 2.75) is 26.3 Å². The van der Waals surface area contributed by atoms with Gasteiger partial charge in [-0.3, -0.25) is 14.4 Å². The van der Waals surface area contributed by atoms with Crippen LogP contribution in [0.4, 0.5) is 5.69 Å². The number of benzene rings is 2. The van der Waals surface area contributed by atoms with Crippen LogP contribution in [0.2, 0.25) is 5.02 Å². The summed E-state index contributed by atoms with van der Waals surface area (Å²) in [6.45, 7) is 3.88. The molecule has 6 nitrogen and oxygen atoms in total. The molecule has 3 N–H and O–H groups in total. The quantitative estimate of drug-likeness (QED) is 0.576. The number of rotatable bonds is 7. The van der Waals surface area contributed by atoms with Crippen molar-refractivity contribution in [2.24, 2.45) is 11.7 Å². The van der Waals surface area contributed by atoms with Crippen molar-refractivity contribution in [3.8, 4) is 22.6 Å². The first-order chi connectivity index (χ1) is 13.8. The number of hydrogen-bond donors (Lipinski definition) is 2. The molecule has 0 radical (unpaired) electrons. The number of nitrogens with one attached hydrogen (secondary N) is 1. The molecule has 3 aromatic rings. The summed E-state index contributed by atoms with van der Waals surface area (Å²) in [5.74, 6) is 0.550. The third-order valence-corrected chi connectivity index (χ3v) is 4.64. The lowest BCUT2D eigenvalue weighted by Crippen LogP contribution is -2.43. The minimum Gasteiger partial charge on any atom is -0.457 e. The van der Waals surface area contributed by atoms with Gasteiger partial charge in [0, 0.05) is 16.7 Å². The van der Waals surface area contributed by atoms with E-state index >= 15 is 0 Å². The standard InChI is InChI=1S/C22H21ClN2O4/c1-12(2)10-16(24)22(28)25-19-18(20(26)21(19)27)15-9-8-13(23)11-17(15)29-14-6-4-3-5-7-14/h3-9,11-12,16H,10,24H2,1-2H3,(H,25,28)/t16-/m0/s1. The predicted molar refractivity (Wildman–Crippen MR) is 114 cm³/mol. The Morgan fingerprint density at radius 1 is 1.10 bits per heavy atom. The van der Waals surface area contributed by atoms with Crippen molar-refractivity contribution < 1.29 is 9.53 Å². The van der Waals surface area contributed by atoms with Gasteiger partial charge in [-0.05, 0) is 36.6 Å². The lowest BCUT2D eigenvalue weighted by atomic mass is 9.97. The monoisotopic (exact) mass is 412 g/mol. The molecule has 0 unspecified atom stereocenters. The molecule has 0 aliphatic heterocycles. The van der Waals surface area contributed by atoms with Gasteiger partial charge in [0.15, 0.2) is 0 Å². The number of hydrogen-bond acceptors (Lipinski definition) is 5. The summed E-state index contributed by atoms with van der Waals surface area (Å²) in [6.07, 6.45) is 0.458. The normalized spacial score (nSPS) is 12.2. The molecule has 0 aromatic heterocycles. The molecule has 0 heterocycles. The van der Waals surface area contributed by atoms with E-state index in [0.29, 0.717) is 28.5 Å². The van der Waals surface area contributed by atoms with Crippen LogP contribution in [0.3, 0.4) is 0 Å². The summed E-state index contributed by atoms with van der Waals surface area (Å²) in [4.78, 5) is 36.8. The van der Waals surface area contributed by atoms with Crippen LogP contribution in [0.5, 0.6) is 11.5 Å². The van der Waals surface area contributed by atoms with Crippen LogP contribution < -0.4 is 26.6 Å². The zero-order valence-electron chi connectivity index (χ0n) is 16.1. The summed E-state index contributed by atoms with van der Waals surface area (Å²) in [5.41, 5.74) is 4.82. The Kier molecular flexibility index (Phi) is 6.15. The lowest BCUT2D eigenvalue weighted by molar-refractivity contribution is -0.117. The van der Waals surface area contributed by atoms with Gasteiger partial charge in [0.2, 0.25) is 11.3 Å². The van der Waals surface area contributed by atoms with Crippen LogP contribution in [0.25, 0.3) is 11.1 Å². The fourth-order valence-electron chi connectivity index (χ4n) is 3.00. The molecule has 1 amide bonds. The van der Waals surface area contributed by atoms with Crippen LogP contribution in [0.15, 0.2) is 58.1 Å². The molecule has 0 saturated carbocycles. The molecule has 0 aliphatic rings. The Morgan fingerprint density at radius 3 is 2.45 bits per heavy atom. The topological polar surface area (TPSA) is 98.5 Å². The maximum atomic E-state index is 12.4. The smallest absolute Gasteiger partial charge is 0.250 e. The Hall–Kier alpha value is -2.96. The van der Waals surface area contributed by atoms with Gasteiger partial charge in [-0.1, -0.05) is 43.6 Å². The highest BCUT2D eigenvalue weighted by Gasteiger charge is 2.28. The van der Waals surface area contributed by atoms with Crippen molar-refractivity contribution >= 4 is 23.2 Å². The Balaban J connectivity index is 1.96. The van der Waals surface area contributed by atoms with Gasteiger partial charge >= 0.3 is 0 Å². The Bertz CT molecular complexity index is 1100. The molecule has 150 valence electrons. The number of anilines is 1. The summed E-state index contributed by atoms with van der Waals surface area (Å²) in [7, 11) is 0. The van der Waals surface area contributed by atoms with E-state index in [9.17, 15) is 14.4 Å². The van der Waals surface area contributed by atoms with Crippen molar-refractivity contribution in [2.75, 3.05) is 5.32 Å². The molecule has 1 atom stereocenters. The van der Waals surface area contributed by atoms with Crippen molar-refractivity contribution in [3.63, 3.8) is 0 Å². The zero-order valence-corrected chi connectivity index (χ0v) is 16.8. The highest BCUT2D eigenvalue weighted by atomic mass is 35.5. The number of carbonyl (C=O) groups is 1. The second-order valence-corrected chi connectivity index (χ2v) is 7.63. The largest absolute Gasteiger partial charge is 0.457 e. The van der Waals surface area contributed by atoms with E-state index in [2.05, 4.69) is 5.32 Å². The number of carbonyl (C=O) groups excluding carboxylic acids is 1. The average Bonchev–Trinajstić information content (AvgIpc) is 2.68. The molecule has 29 heavy (non-hydrogen) atoms. The highest BCUT2D eigenvalue weighted by Crippen LogP contribution is 2.37. The summed E-state index contributed by atoms with van der Waals surface area (Å²) in [5, 5.41) is 2.92. The van der Waals surface area contributed by atoms with Crippen LogP contribution >= 0.6 is 11.6 Å². The van der Waals surface area contributed by atoms with E-state index in [0.717, 1.165) is 0 Å². The second kappa shape index (κ2) is 8.59. The molecule has 0 fully saturated rings. The van der Waals surface area contributed by atoms with E-state index in [4.69, 9.17) is 22.1 Å². The van der Waals surface area contributed by atoms with Crippen LogP contribution in [0, 0.1) is 5.92 Å². The molecule has 3 rings (SSSR count). The maximum Gasteiger partial charge on any atom is 0.250 e. The van der Waals surface area contributed by atoms with Crippen LogP contribution in [-0.4, -0.2) is 11.9 Å². The molecule has 0 spiro atoms. The molecule has 3 aromatic carbocycles. The van der Waals surface area contributed by atoms with E-state index in [1.54, 1.807) is 42.5 Å². The summed E-state index contributed by atoms with van der Waals surface area (Å²) in [6, 6.07) is 12.9. The first kappa shape index (κ1) is 20.8. The summed E-state index contributed by atoms with van der Waals surface area (Å²) < 4.78 is 5.86. The fraction of sp³-hybridized carbons (Fsp3) is 0.227. The number of ether oxygens (including phenoxy) is 1. The second-order valence-electron chi connectivity index (χ2n) is 7.19. The third-order valence-electron chi connectivity index (χ3n) is 4.40. The molecule has 0 saturated heterocycles. The first-order valence-corrected chi connectivity index (χ1v) is 9.58. The number of para-hydroxylation sites is 1. The van der Waals surface area contributed by atoms with Gasteiger partial charge in [0.25, 0.3) is 5.43 Å². The average molecular weight is 413 g/mol. The minimum absolute atomic E-state index is 0.0700. The third kappa shape index (κ3) is 4.55. The number of amides is 1. The molecular weight excluding hydrogens is 392 g/mol. The van der Waals surface area contributed by atoms with Gasteiger partial charge in [-0.15, -0.1) is 0 Å². The zero-order chi connectivity index (χ0) is 21.1. The summed E-state index contributed by atoms with van der Waals surface area (Å²) >= 11 is 6.09. The molecule has 0 aliphatic carbocycles. The van der Waals surface area contributed by atoms with Gasteiger partial charge in [0.1, 0.15) is 17.2 Å². The maximum absolute atomic E-state index is 12.4. The highest BCUT2D eigenvalue weighted by molar-refractivity contribution is 6.30. The molecule has 7 heteroatoms. The Morgan fingerprint density at radius 2 is 1.79 bits per heavy atom. The van der Waals surface area contributed by atoms with E-state index in [1.807, 2.05) is 19.9 Å². The van der Waals surface area contributed by atoms with Gasteiger partial charge in [0.05, 0.1) is 11.6 Å². The van der Waals surface area contributed by atoms with E-state index in [-0.39, 0.29) is 17.2 Å². The van der Waals surface area contributed by atoms with Crippen molar-refractivity contribution in [1.82, 2.24) is 0 Å². The van der Waals surface area contributed by atoms with Gasteiger partial charge in [-0.25, -0.2) is 0 Å². The Labute approximate surface area is 173 Å². The van der Waals surface area contributed by atoms with Crippen molar-refractivity contribution in [1.29, 1.82) is 0 Å². The number of nitrogens with two attached hydrogens (primary N) is 1. The first-order valence-electron chi connectivity index (χ1n) is 9.20.